The molecule has 0 radical (unpaired) electrons. The fourth-order valence-corrected chi connectivity index (χ4v) is 4.28. The van der Waals surface area contributed by atoms with E-state index in [4.69, 9.17) is 5.73 Å². The minimum absolute atomic E-state index is 0.146. The van der Waals surface area contributed by atoms with Crippen LogP contribution in [0, 0.1) is 10.1 Å². The van der Waals surface area contributed by atoms with Gasteiger partial charge in [0.25, 0.3) is 11.6 Å². The van der Waals surface area contributed by atoms with Crippen LogP contribution in [0.5, 0.6) is 0 Å². The molecule has 3 rings (SSSR count). The van der Waals surface area contributed by atoms with Crippen molar-refractivity contribution < 1.29 is 18.1 Å². The van der Waals surface area contributed by atoms with Gasteiger partial charge >= 0.3 is 0 Å². The molecular formula is C17H18N4O5S. The largest absolute Gasteiger partial charge is 0.399 e. The summed E-state index contributed by atoms with van der Waals surface area (Å²) in [5, 5.41) is 10.9. The first-order valence-electron chi connectivity index (χ1n) is 8.18. The Kier molecular flexibility index (Phi) is 5.10. The van der Waals surface area contributed by atoms with Crippen molar-refractivity contribution in [2.45, 2.75) is 4.90 Å². The van der Waals surface area contributed by atoms with Gasteiger partial charge in [0, 0.05) is 49.6 Å². The summed E-state index contributed by atoms with van der Waals surface area (Å²) in [6.07, 6.45) is 0. The molecule has 0 atom stereocenters. The summed E-state index contributed by atoms with van der Waals surface area (Å²) in [4.78, 5) is 24.5. The summed E-state index contributed by atoms with van der Waals surface area (Å²) >= 11 is 0. The topological polar surface area (TPSA) is 127 Å². The van der Waals surface area contributed by atoms with Crippen LogP contribution in [0.2, 0.25) is 0 Å². The van der Waals surface area contributed by atoms with Crippen molar-refractivity contribution >= 4 is 27.3 Å². The average Bonchev–Trinajstić information content (AvgIpc) is 2.68. The minimum atomic E-state index is -3.66. The van der Waals surface area contributed by atoms with Crippen molar-refractivity contribution in [2.75, 3.05) is 31.9 Å². The lowest BCUT2D eigenvalue weighted by atomic mass is 10.1. The number of non-ortho nitro benzene ring substituents is 1. The zero-order chi connectivity index (χ0) is 19.6. The summed E-state index contributed by atoms with van der Waals surface area (Å²) in [5.41, 5.74) is 6.11. The molecule has 1 heterocycles. The van der Waals surface area contributed by atoms with Gasteiger partial charge in [0.05, 0.1) is 9.82 Å². The second-order valence-electron chi connectivity index (χ2n) is 6.07. The number of sulfonamides is 1. The molecule has 10 heteroatoms. The third kappa shape index (κ3) is 3.91. The molecule has 2 aromatic rings. The highest BCUT2D eigenvalue weighted by Gasteiger charge is 2.30. The predicted molar refractivity (Wildman–Crippen MR) is 98.6 cm³/mol. The fourth-order valence-electron chi connectivity index (χ4n) is 2.86. The number of amides is 1. The van der Waals surface area contributed by atoms with Crippen LogP contribution in [-0.4, -0.2) is 54.6 Å². The van der Waals surface area contributed by atoms with Crippen LogP contribution in [0.1, 0.15) is 10.4 Å². The molecule has 1 fully saturated rings. The predicted octanol–water partition coefficient (Wildman–Crippen LogP) is 1.32. The smallest absolute Gasteiger partial charge is 0.270 e. The maximum absolute atomic E-state index is 12.7. The van der Waals surface area contributed by atoms with Crippen molar-refractivity contribution in [3.8, 4) is 0 Å². The second kappa shape index (κ2) is 7.33. The van der Waals surface area contributed by atoms with Gasteiger partial charge < -0.3 is 10.6 Å². The first kappa shape index (κ1) is 18.8. The van der Waals surface area contributed by atoms with Gasteiger partial charge in [0.1, 0.15) is 0 Å². The molecule has 1 aliphatic heterocycles. The Morgan fingerprint density at radius 1 is 1.04 bits per heavy atom. The maximum atomic E-state index is 12.7. The van der Waals surface area contributed by atoms with Crippen LogP contribution in [0.4, 0.5) is 11.4 Å². The van der Waals surface area contributed by atoms with Crippen molar-refractivity contribution in [3.05, 3.63) is 64.2 Å². The van der Waals surface area contributed by atoms with Crippen LogP contribution in [0.3, 0.4) is 0 Å². The van der Waals surface area contributed by atoms with E-state index in [-0.39, 0.29) is 48.2 Å². The highest BCUT2D eigenvalue weighted by molar-refractivity contribution is 7.89. The number of carbonyl (C=O) groups is 1. The number of nitrogens with zero attached hydrogens (tertiary/aromatic N) is 3. The number of nitro benzene ring substituents is 1. The molecule has 0 spiro atoms. The molecule has 1 aliphatic rings. The van der Waals surface area contributed by atoms with Crippen molar-refractivity contribution in [3.63, 3.8) is 0 Å². The maximum Gasteiger partial charge on any atom is 0.270 e. The molecular weight excluding hydrogens is 372 g/mol. The molecule has 0 saturated carbocycles. The van der Waals surface area contributed by atoms with Crippen LogP contribution < -0.4 is 5.73 Å². The number of carbonyl (C=O) groups excluding carboxylic acids is 1. The molecule has 142 valence electrons. The Balaban J connectivity index is 1.69. The molecule has 1 amide bonds. The summed E-state index contributed by atoms with van der Waals surface area (Å²) < 4.78 is 26.7. The van der Waals surface area contributed by atoms with E-state index in [2.05, 4.69) is 0 Å². The van der Waals surface area contributed by atoms with Gasteiger partial charge in [-0.3, -0.25) is 14.9 Å². The monoisotopic (exact) mass is 390 g/mol. The SMILES string of the molecule is Nc1ccc(S(=O)(=O)N2CCN(C(=O)c3cccc([N+](=O)[O-])c3)CC2)cc1. The van der Waals surface area contributed by atoms with E-state index in [0.29, 0.717) is 5.69 Å². The van der Waals surface area contributed by atoms with E-state index < -0.39 is 14.9 Å². The molecule has 0 bridgehead atoms. The molecule has 27 heavy (non-hydrogen) atoms. The van der Waals surface area contributed by atoms with Gasteiger partial charge in [0.2, 0.25) is 10.0 Å². The first-order valence-corrected chi connectivity index (χ1v) is 9.62. The summed E-state index contributed by atoms with van der Waals surface area (Å²) in [6, 6.07) is 11.4. The highest BCUT2D eigenvalue weighted by Crippen LogP contribution is 2.20. The molecule has 0 aromatic heterocycles. The van der Waals surface area contributed by atoms with Crippen molar-refractivity contribution in [2.24, 2.45) is 0 Å². The Bertz CT molecular complexity index is 967. The van der Waals surface area contributed by atoms with Gasteiger partial charge in [-0.25, -0.2) is 8.42 Å². The first-order chi connectivity index (χ1) is 12.8. The third-order valence-electron chi connectivity index (χ3n) is 4.35. The number of hydrogen-bond donors (Lipinski definition) is 1. The van der Waals surface area contributed by atoms with E-state index in [1.54, 1.807) is 0 Å². The summed E-state index contributed by atoms with van der Waals surface area (Å²) in [7, 11) is -3.66. The molecule has 2 N–H and O–H groups in total. The van der Waals surface area contributed by atoms with Gasteiger partial charge in [-0.1, -0.05) is 6.07 Å². The van der Waals surface area contributed by atoms with Crippen LogP contribution in [0.25, 0.3) is 0 Å². The Labute approximate surface area is 156 Å². The Morgan fingerprint density at radius 3 is 2.26 bits per heavy atom. The highest BCUT2D eigenvalue weighted by atomic mass is 32.2. The lowest BCUT2D eigenvalue weighted by Crippen LogP contribution is -2.50. The van der Waals surface area contributed by atoms with Gasteiger partial charge in [-0.15, -0.1) is 0 Å². The number of hydrogen-bond acceptors (Lipinski definition) is 6. The number of benzene rings is 2. The lowest BCUT2D eigenvalue weighted by Gasteiger charge is -2.34. The number of nitrogen functional groups attached to an aromatic ring is 1. The minimum Gasteiger partial charge on any atom is -0.399 e. The van der Waals surface area contributed by atoms with Gasteiger partial charge in [-0.2, -0.15) is 4.31 Å². The van der Waals surface area contributed by atoms with Gasteiger partial charge in [0.15, 0.2) is 0 Å². The zero-order valence-corrected chi connectivity index (χ0v) is 15.1. The third-order valence-corrected chi connectivity index (χ3v) is 6.26. The normalized spacial score (nSPS) is 15.5. The molecule has 2 aromatic carbocycles. The van der Waals surface area contributed by atoms with E-state index in [1.165, 1.54) is 57.7 Å². The van der Waals surface area contributed by atoms with Crippen LogP contribution >= 0.6 is 0 Å². The fraction of sp³-hybridized carbons (Fsp3) is 0.235. The quantitative estimate of drug-likeness (QED) is 0.477. The van der Waals surface area contributed by atoms with Gasteiger partial charge in [-0.05, 0) is 30.3 Å². The van der Waals surface area contributed by atoms with E-state index >= 15 is 0 Å². The standard InChI is InChI=1S/C17H18N4O5S/c18-14-4-6-16(7-5-14)27(25,26)20-10-8-19(9-11-20)17(22)13-2-1-3-15(12-13)21(23)24/h1-7,12H,8-11,18H2. The Morgan fingerprint density at radius 2 is 1.67 bits per heavy atom. The lowest BCUT2D eigenvalue weighted by molar-refractivity contribution is -0.384. The summed E-state index contributed by atoms with van der Waals surface area (Å²) in [5.74, 6) is -0.358. The van der Waals surface area contributed by atoms with E-state index in [1.807, 2.05) is 0 Å². The number of anilines is 1. The van der Waals surface area contributed by atoms with Crippen molar-refractivity contribution in [1.29, 1.82) is 0 Å². The van der Waals surface area contributed by atoms with Crippen molar-refractivity contribution in [1.82, 2.24) is 9.21 Å². The molecule has 0 unspecified atom stereocenters. The average molecular weight is 390 g/mol. The van der Waals surface area contributed by atoms with Crippen LogP contribution in [0.15, 0.2) is 53.4 Å². The van der Waals surface area contributed by atoms with Crippen LogP contribution in [-0.2, 0) is 10.0 Å². The molecule has 0 aliphatic carbocycles. The summed E-state index contributed by atoms with van der Waals surface area (Å²) in [6.45, 7) is 0.701. The second-order valence-corrected chi connectivity index (χ2v) is 8.01. The number of rotatable bonds is 4. The molecule has 1 saturated heterocycles. The van der Waals surface area contributed by atoms with E-state index in [0.717, 1.165) is 0 Å². The number of piperazine rings is 1. The zero-order valence-electron chi connectivity index (χ0n) is 14.3. The number of nitrogens with two attached hydrogens (primary N) is 1. The Hall–Kier alpha value is -2.98. The van der Waals surface area contributed by atoms with E-state index in [9.17, 15) is 23.3 Å². The molecule has 9 nitrogen and oxygen atoms in total. The number of nitro groups is 1.